The summed E-state index contributed by atoms with van der Waals surface area (Å²) in [5.74, 6) is 5.06. The maximum atomic E-state index is 10.5. The summed E-state index contributed by atoms with van der Waals surface area (Å²) < 4.78 is 0. The first-order valence-corrected chi connectivity index (χ1v) is 10.3. The van der Waals surface area contributed by atoms with Crippen LogP contribution in [-0.4, -0.2) is 44.7 Å². The van der Waals surface area contributed by atoms with Crippen LogP contribution in [0.4, 0.5) is 0 Å². The van der Waals surface area contributed by atoms with Gasteiger partial charge < -0.3 is 20.4 Å². The first-order chi connectivity index (χ1) is 13.5. The number of carboxylic acids is 1. The van der Waals surface area contributed by atoms with Gasteiger partial charge in [-0.25, -0.2) is 0 Å². The van der Waals surface area contributed by atoms with E-state index in [2.05, 4.69) is 11.8 Å². The molecule has 1 saturated carbocycles. The third-order valence-electron chi connectivity index (χ3n) is 5.63. The van der Waals surface area contributed by atoms with E-state index in [4.69, 9.17) is 5.11 Å². The van der Waals surface area contributed by atoms with Crippen LogP contribution in [0.15, 0.2) is 30.3 Å². The van der Waals surface area contributed by atoms with Gasteiger partial charge in [0.25, 0.3) is 0 Å². The van der Waals surface area contributed by atoms with Gasteiger partial charge in [-0.3, -0.25) is 4.79 Å². The number of aliphatic carboxylic acids is 1. The maximum absolute atomic E-state index is 10.5. The van der Waals surface area contributed by atoms with Crippen LogP contribution in [-0.2, 0) is 4.79 Å². The molecule has 0 heterocycles. The molecule has 0 radical (unpaired) electrons. The number of carboxylic acid groups (broad SMARTS) is 1. The van der Waals surface area contributed by atoms with Crippen LogP contribution >= 0.6 is 0 Å². The zero-order chi connectivity index (χ0) is 20.4. The molecular formula is C23H32O5. The highest BCUT2D eigenvalue weighted by Gasteiger charge is 2.40. The summed E-state index contributed by atoms with van der Waals surface area (Å²) in [6.07, 6.45) is 4.13. The number of carbonyl (C=O) groups is 1. The van der Waals surface area contributed by atoms with Gasteiger partial charge in [0.1, 0.15) is 6.10 Å². The van der Waals surface area contributed by atoms with Crippen molar-refractivity contribution in [3.63, 3.8) is 0 Å². The Morgan fingerprint density at radius 3 is 2.32 bits per heavy atom. The molecule has 1 aromatic rings. The highest BCUT2D eigenvalue weighted by Crippen LogP contribution is 2.39. The van der Waals surface area contributed by atoms with Crippen molar-refractivity contribution in [2.75, 3.05) is 0 Å². The monoisotopic (exact) mass is 388 g/mol. The Labute approximate surface area is 167 Å². The SMILES string of the molecule is O=C(O)CCCCCC[C@@H]1[C@@H](CCC(O)C#Cc2ccccc2)[C@H](O)C[C@@H]1O. The van der Waals surface area contributed by atoms with Crippen molar-refractivity contribution in [3.05, 3.63) is 35.9 Å². The van der Waals surface area contributed by atoms with Gasteiger partial charge in [0.05, 0.1) is 12.2 Å². The Kier molecular flexibility index (Phi) is 9.49. The lowest BCUT2D eigenvalue weighted by Gasteiger charge is -2.24. The molecule has 2 rings (SSSR count). The number of benzene rings is 1. The molecule has 28 heavy (non-hydrogen) atoms. The molecule has 154 valence electrons. The molecule has 5 heteroatoms. The molecule has 5 nitrogen and oxygen atoms in total. The Balaban J connectivity index is 1.76. The fraction of sp³-hybridized carbons (Fsp3) is 0.609. The van der Waals surface area contributed by atoms with Crippen molar-refractivity contribution < 1.29 is 25.2 Å². The van der Waals surface area contributed by atoms with Crippen LogP contribution < -0.4 is 0 Å². The quantitative estimate of drug-likeness (QED) is 0.365. The van der Waals surface area contributed by atoms with E-state index in [1.54, 1.807) is 0 Å². The molecule has 0 spiro atoms. The minimum atomic E-state index is -0.761. The van der Waals surface area contributed by atoms with Crippen LogP contribution in [0.2, 0.25) is 0 Å². The summed E-state index contributed by atoms with van der Waals surface area (Å²) in [6.45, 7) is 0. The average molecular weight is 389 g/mol. The van der Waals surface area contributed by atoms with Crippen LogP contribution in [0.5, 0.6) is 0 Å². The van der Waals surface area contributed by atoms with Gasteiger partial charge in [0, 0.05) is 12.0 Å². The third-order valence-corrected chi connectivity index (χ3v) is 5.63. The molecule has 1 fully saturated rings. The topological polar surface area (TPSA) is 98.0 Å². The molecule has 0 aliphatic heterocycles. The number of unbranched alkanes of at least 4 members (excludes halogenated alkanes) is 3. The second-order valence-electron chi connectivity index (χ2n) is 7.77. The summed E-state index contributed by atoms with van der Waals surface area (Å²) >= 11 is 0. The van der Waals surface area contributed by atoms with Gasteiger partial charge in [-0.1, -0.05) is 49.3 Å². The number of hydrogen-bond donors (Lipinski definition) is 4. The molecule has 0 bridgehead atoms. The molecule has 0 amide bonds. The largest absolute Gasteiger partial charge is 0.481 e. The smallest absolute Gasteiger partial charge is 0.303 e. The van der Waals surface area contributed by atoms with E-state index >= 15 is 0 Å². The first kappa shape index (κ1) is 22.4. The molecule has 4 N–H and O–H groups in total. The second-order valence-corrected chi connectivity index (χ2v) is 7.77. The molecule has 1 aliphatic carbocycles. The van der Waals surface area contributed by atoms with Gasteiger partial charge in [-0.15, -0.1) is 0 Å². The summed E-state index contributed by atoms with van der Waals surface area (Å²) in [7, 11) is 0. The summed E-state index contributed by atoms with van der Waals surface area (Å²) in [5, 5.41) is 39.4. The molecule has 0 aromatic heterocycles. The van der Waals surface area contributed by atoms with Crippen LogP contribution in [0.3, 0.4) is 0 Å². The standard InChI is InChI=1S/C23H32O5/c24-18(13-12-17-8-4-3-5-9-17)14-15-20-19(21(25)16-22(20)26)10-6-1-2-7-11-23(27)28/h3-5,8-9,18-22,24-26H,1-2,6-7,10-11,14-16H2,(H,27,28)/t18?,19-,20-,21+,22-/m1/s1. The van der Waals surface area contributed by atoms with E-state index < -0.39 is 24.3 Å². The van der Waals surface area contributed by atoms with Gasteiger partial charge in [-0.05, 0) is 56.1 Å². The Hall–Kier alpha value is -1.87. The normalized spacial score (nSPS) is 25.1. The zero-order valence-electron chi connectivity index (χ0n) is 16.3. The predicted molar refractivity (Wildman–Crippen MR) is 108 cm³/mol. The van der Waals surface area contributed by atoms with Crippen molar-refractivity contribution in [1.82, 2.24) is 0 Å². The lowest BCUT2D eigenvalue weighted by atomic mass is 9.85. The summed E-state index contributed by atoms with van der Waals surface area (Å²) in [6, 6.07) is 9.51. The number of rotatable bonds is 10. The summed E-state index contributed by atoms with van der Waals surface area (Å²) in [4.78, 5) is 10.5. The van der Waals surface area contributed by atoms with E-state index in [0.29, 0.717) is 25.7 Å². The Morgan fingerprint density at radius 2 is 1.64 bits per heavy atom. The van der Waals surface area contributed by atoms with Crippen LogP contribution in [0, 0.1) is 23.7 Å². The fourth-order valence-electron chi connectivity index (χ4n) is 4.10. The van der Waals surface area contributed by atoms with Crippen molar-refractivity contribution in [2.24, 2.45) is 11.8 Å². The van der Waals surface area contributed by atoms with Crippen molar-refractivity contribution in [3.8, 4) is 11.8 Å². The van der Waals surface area contributed by atoms with E-state index in [1.165, 1.54) is 0 Å². The van der Waals surface area contributed by atoms with Crippen LogP contribution in [0.25, 0.3) is 0 Å². The number of hydrogen-bond acceptors (Lipinski definition) is 4. The molecule has 1 aliphatic rings. The zero-order valence-corrected chi connectivity index (χ0v) is 16.3. The molecule has 1 aromatic carbocycles. The highest BCUT2D eigenvalue weighted by molar-refractivity contribution is 5.66. The average Bonchev–Trinajstić information content (AvgIpc) is 2.94. The lowest BCUT2D eigenvalue weighted by Crippen LogP contribution is -2.23. The summed E-state index contributed by atoms with van der Waals surface area (Å²) in [5.41, 5.74) is 0.860. The minimum Gasteiger partial charge on any atom is -0.481 e. The lowest BCUT2D eigenvalue weighted by molar-refractivity contribution is -0.137. The highest BCUT2D eigenvalue weighted by atomic mass is 16.4. The van der Waals surface area contributed by atoms with E-state index in [9.17, 15) is 20.1 Å². The first-order valence-electron chi connectivity index (χ1n) is 10.3. The second kappa shape index (κ2) is 11.9. The van der Waals surface area contributed by atoms with Gasteiger partial charge in [-0.2, -0.15) is 0 Å². The predicted octanol–water partition coefficient (Wildman–Crippen LogP) is 2.96. The number of aliphatic hydroxyl groups excluding tert-OH is 3. The minimum absolute atomic E-state index is 0.0257. The molecule has 5 atom stereocenters. The molecular weight excluding hydrogens is 356 g/mol. The van der Waals surface area contributed by atoms with Crippen molar-refractivity contribution in [2.45, 2.75) is 76.1 Å². The van der Waals surface area contributed by atoms with Gasteiger partial charge in [0.15, 0.2) is 0 Å². The molecule has 1 unspecified atom stereocenters. The maximum Gasteiger partial charge on any atom is 0.303 e. The third kappa shape index (κ3) is 7.63. The Morgan fingerprint density at radius 1 is 1.00 bits per heavy atom. The fourth-order valence-corrected chi connectivity index (χ4v) is 4.10. The van der Waals surface area contributed by atoms with Gasteiger partial charge in [0.2, 0.25) is 0 Å². The van der Waals surface area contributed by atoms with E-state index in [0.717, 1.165) is 31.2 Å². The van der Waals surface area contributed by atoms with E-state index in [1.807, 2.05) is 30.3 Å². The van der Waals surface area contributed by atoms with Crippen molar-refractivity contribution >= 4 is 5.97 Å². The van der Waals surface area contributed by atoms with Gasteiger partial charge >= 0.3 is 5.97 Å². The number of aliphatic hydroxyl groups is 3. The molecule has 0 saturated heterocycles. The van der Waals surface area contributed by atoms with E-state index in [-0.39, 0.29) is 18.3 Å². The van der Waals surface area contributed by atoms with Crippen molar-refractivity contribution in [1.29, 1.82) is 0 Å². The Bertz CT molecular complexity index is 648. The van der Waals surface area contributed by atoms with Crippen LogP contribution in [0.1, 0.15) is 63.4 Å².